The Morgan fingerprint density at radius 3 is 2.54 bits per heavy atom. The first kappa shape index (κ1) is 9.98. The monoisotopic (exact) mass is 203 g/mol. The van der Waals surface area contributed by atoms with E-state index in [2.05, 4.69) is 0 Å². The highest BCUT2D eigenvalue weighted by Crippen LogP contribution is 2.27. The molecule has 0 radical (unpaired) electrons. The second-order valence-corrected chi connectivity index (χ2v) is 3.27. The molecule has 1 aromatic carbocycles. The molecule has 0 atom stereocenters. The zero-order valence-electron chi connectivity index (χ0n) is 6.54. The molecule has 0 aliphatic heterocycles. The lowest BCUT2D eigenvalue weighted by Gasteiger charge is -2.03. The largest absolute Gasteiger partial charge is 0.366 e. The molecule has 0 bridgehead atoms. The van der Waals surface area contributed by atoms with Crippen LogP contribution in [0.15, 0.2) is 29.2 Å². The second-order valence-electron chi connectivity index (χ2n) is 2.24. The molecule has 0 aliphatic rings. The van der Waals surface area contributed by atoms with Gasteiger partial charge in [0.25, 0.3) is 5.76 Å². The van der Waals surface area contributed by atoms with Crippen molar-refractivity contribution in [2.45, 2.75) is 10.7 Å². The first-order valence-electron chi connectivity index (χ1n) is 3.45. The summed E-state index contributed by atoms with van der Waals surface area (Å²) in [5.41, 5.74) is 5.13. The van der Waals surface area contributed by atoms with Crippen molar-refractivity contribution in [3.05, 3.63) is 29.8 Å². The van der Waals surface area contributed by atoms with Crippen LogP contribution in [-0.4, -0.2) is 11.7 Å². The standard InChI is InChI=1S/C8H7F2NOS/c9-8(10)13-6-4-2-1-3-5(6)7(11)12/h1-4,8H,(H2,11,12). The maximum Gasteiger partial charge on any atom is 0.288 e. The third kappa shape index (κ3) is 2.69. The van der Waals surface area contributed by atoms with Crippen LogP contribution in [0.2, 0.25) is 0 Å². The Labute approximate surface area is 78.1 Å². The summed E-state index contributed by atoms with van der Waals surface area (Å²) in [6.07, 6.45) is 0. The fourth-order valence-electron chi connectivity index (χ4n) is 0.869. The van der Waals surface area contributed by atoms with Gasteiger partial charge in [0.2, 0.25) is 5.91 Å². The number of carbonyl (C=O) groups excluding carboxylic acids is 1. The van der Waals surface area contributed by atoms with Crippen molar-refractivity contribution in [1.82, 2.24) is 0 Å². The van der Waals surface area contributed by atoms with Gasteiger partial charge in [-0.2, -0.15) is 8.78 Å². The summed E-state index contributed by atoms with van der Waals surface area (Å²) in [4.78, 5) is 11.0. The van der Waals surface area contributed by atoms with Gasteiger partial charge in [0.05, 0.1) is 5.56 Å². The number of hydrogen-bond donors (Lipinski definition) is 1. The fraction of sp³-hybridized carbons (Fsp3) is 0.125. The normalized spacial score (nSPS) is 10.4. The Morgan fingerprint density at radius 2 is 2.00 bits per heavy atom. The Kier molecular flexibility index (Phi) is 3.25. The summed E-state index contributed by atoms with van der Waals surface area (Å²) in [6.45, 7) is 0. The fourth-order valence-corrected chi connectivity index (χ4v) is 1.51. The van der Waals surface area contributed by atoms with Gasteiger partial charge >= 0.3 is 0 Å². The number of alkyl halides is 2. The van der Waals surface area contributed by atoms with Gasteiger partial charge in [0, 0.05) is 4.90 Å². The lowest BCUT2D eigenvalue weighted by molar-refractivity contribution is 0.0997. The number of hydrogen-bond acceptors (Lipinski definition) is 2. The second kappa shape index (κ2) is 4.23. The molecular weight excluding hydrogens is 196 g/mol. The topological polar surface area (TPSA) is 43.1 Å². The molecule has 0 spiro atoms. The van der Waals surface area contributed by atoms with Crippen molar-refractivity contribution in [2.24, 2.45) is 5.73 Å². The molecule has 0 fully saturated rings. The molecule has 5 heteroatoms. The molecule has 0 aromatic heterocycles. The van der Waals surface area contributed by atoms with E-state index >= 15 is 0 Å². The van der Waals surface area contributed by atoms with E-state index in [1.165, 1.54) is 12.1 Å². The number of carbonyl (C=O) groups is 1. The van der Waals surface area contributed by atoms with Crippen molar-refractivity contribution in [3.63, 3.8) is 0 Å². The number of halogens is 2. The van der Waals surface area contributed by atoms with Crippen LogP contribution in [0.1, 0.15) is 10.4 Å². The minimum absolute atomic E-state index is 0.132. The highest BCUT2D eigenvalue weighted by molar-refractivity contribution is 7.99. The molecule has 1 aromatic rings. The van der Waals surface area contributed by atoms with Gasteiger partial charge < -0.3 is 5.73 Å². The molecule has 0 saturated heterocycles. The van der Waals surface area contributed by atoms with Gasteiger partial charge in [0.15, 0.2) is 0 Å². The van der Waals surface area contributed by atoms with E-state index in [9.17, 15) is 13.6 Å². The van der Waals surface area contributed by atoms with Crippen molar-refractivity contribution in [3.8, 4) is 0 Å². The Hall–Kier alpha value is -1.10. The van der Waals surface area contributed by atoms with Gasteiger partial charge in [-0.1, -0.05) is 23.9 Å². The Bertz CT molecular complexity index is 317. The molecule has 2 N–H and O–H groups in total. The van der Waals surface area contributed by atoms with Gasteiger partial charge in [-0.3, -0.25) is 4.79 Å². The van der Waals surface area contributed by atoms with E-state index in [0.29, 0.717) is 11.8 Å². The smallest absolute Gasteiger partial charge is 0.288 e. The number of thioether (sulfide) groups is 1. The van der Waals surface area contributed by atoms with Gasteiger partial charge in [-0.15, -0.1) is 0 Å². The van der Waals surface area contributed by atoms with Crippen LogP contribution in [0.4, 0.5) is 8.78 Å². The van der Waals surface area contributed by atoms with E-state index in [1.807, 2.05) is 0 Å². The summed E-state index contributed by atoms with van der Waals surface area (Å²) in [7, 11) is 0. The quantitative estimate of drug-likeness (QED) is 0.764. The SMILES string of the molecule is NC(=O)c1ccccc1SC(F)F. The predicted octanol–water partition coefficient (Wildman–Crippen LogP) is 2.10. The van der Waals surface area contributed by atoms with Crippen molar-refractivity contribution in [2.75, 3.05) is 0 Å². The van der Waals surface area contributed by atoms with E-state index in [-0.39, 0.29) is 10.5 Å². The molecule has 13 heavy (non-hydrogen) atoms. The maximum absolute atomic E-state index is 12.0. The van der Waals surface area contributed by atoms with Crippen molar-refractivity contribution >= 4 is 17.7 Å². The summed E-state index contributed by atoms with van der Waals surface area (Å²) < 4.78 is 23.9. The molecule has 0 saturated carbocycles. The van der Waals surface area contributed by atoms with E-state index in [0.717, 1.165) is 0 Å². The number of amides is 1. The molecule has 1 amide bonds. The van der Waals surface area contributed by atoms with Crippen LogP contribution in [-0.2, 0) is 0 Å². The summed E-state index contributed by atoms with van der Waals surface area (Å²) in [6, 6.07) is 6.02. The summed E-state index contributed by atoms with van der Waals surface area (Å²) >= 11 is 0.319. The van der Waals surface area contributed by atoms with Crippen LogP contribution in [0.3, 0.4) is 0 Å². The first-order chi connectivity index (χ1) is 6.11. The highest BCUT2D eigenvalue weighted by Gasteiger charge is 2.12. The average Bonchev–Trinajstić information content (AvgIpc) is 2.03. The third-order valence-electron chi connectivity index (χ3n) is 1.37. The zero-order valence-corrected chi connectivity index (χ0v) is 7.35. The zero-order chi connectivity index (χ0) is 9.84. The molecule has 70 valence electrons. The van der Waals surface area contributed by atoms with E-state index < -0.39 is 11.7 Å². The van der Waals surface area contributed by atoms with Crippen molar-refractivity contribution < 1.29 is 13.6 Å². The highest BCUT2D eigenvalue weighted by atomic mass is 32.2. The summed E-state index contributed by atoms with van der Waals surface area (Å²) in [5, 5.41) is 0. The molecule has 2 nitrogen and oxygen atoms in total. The van der Waals surface area contributed by atoms with Crippen LogP contribution >= 0.6 is 11.8 Å². The Balaban J connectivity index is 2.98. The van der Waals surface area contributed by atoms with Crippen LogP contribution in [0.25, 0.3) is 0 Å². The molecule has 1 rings (SSSR count). The van der Waals surface area contributed by atoms with Crippen molar-refractivity contribution in [1.29, 1.82) is 0 Å². The minimum atomic E-state index is -2.54. The predicted molar refractivity (Wildman–Crippen MR) is 46.8 cm³/mol. The average molecular weight is 203 g/mol. The Morgan fingerprint density at radius 1 is 1.38 bits per heavy atom. The maximum atomic E-state index is 12.0. The molecular formula is C8H7F2NOS. The number of rotatable bonds is 3. The van der Waals surface area contributed by atoms with E-state index in [1.54, 1.807) is 12.1 Å². The van der Waals surface area contributed by atoms with Crippen LogP contribution in [0, 0.1) is 0 Å². The minimum Gasteiger partial charge on any atom is -0.366 e. The van der Waals surface area contributed by atoms with Gasteiger partial charge in [-0.25, -0.2) is 0 Å². The van der Waals surface area contributed by atoms with Crippen LogP contribution < -0.4 is 5.73 Å². The lowest BCUT2D eigenvalue weighted by Crippen LogP contribution is -2.12. The molecule has 0 unspecified atom stereocenters. The first-order valence-corrected chi connectivity index (χ1v) is 4.33. The molecule has 0 heterocycles. The molecule has 0 aliphatic carbocycles. The van der Waals surface area contributed by atoms with Gasteiger partial charge in [-0.05, 0) is 12.1 Å². The summed E-state index contributed by atoms with van der Waals surface area (Å²) in [5.74, 6) is -3.23. The number of nitrogens with two attached hydrogens (primary N) is 1. The van der Waals surface area contributed by atoms with E-state index in [4.69, 9.17) is 5.73 Å². The lowest BCUT2D eigenvalue weighted by atomic mass is 10.2. The van der Waals surface area contributed by atoms with Crippen LogP contribution in [0.5, 0.6) is 0 Å². The van der Waals surface area contributed by atoms with Gasteiger partial charge in [0.1, 0.15) is 0 Å². The number of benzene rings is 1. The number of primary amides is 1. The third-order valence-corrected chi connectivity index (χ3v) is 2.16.